The van der Waals surface area contributed by atoms with Gasteiger partial charge in [-0.05, 0) is 39.8 Å². The van der Waals surface area contributed by atoms with E-state index < -0.39 is 0 Å². The van der Waals surface area contributed by atoms with Gasteiger partial charge in [-0.25, -0.2) is 0 Å². The predicted molar refractivity (Wildman–Crippen MR) is 84.4 cm³/mol. The molecule has 122 valence electrons. The number of hydrogen-bond donors (Lipinski definition) is 2. The maximum Gasteiger partial charge on any atom is 0.220 e. The van der Waals surface area contributed by atoms with Gasteiger partial charge in [-0.15, -0.1) is 0 Å². The molecule has 0 spiro atoms. The van der Waals surface area contributed by atoms with Gasteiger partial charge in [0.1, 0.15) is 0 Å². The van der Waals surface area contributed by atoms with Gasteiger partial charge in [0.05, 0.1) is 13.2 Å². The van der Waals surface area contributed by atoms with Gasteiger partial charge in [0, 0.05) is 31.1 Å². The summed E-state index contributed by atoms with van der Waals surface area (Å²) in [5.74, 6) is 0.192. The zero-order valence-corrected chi connectivity index (χ0v) is 13.6. The molecule has 1 heterocycles. The molecule has 1 unspecified atom stereocenters. The summed E-state index contributed by atoms with van der Waals surface area (Å²) in [6, 6.07) is 0.222. The minimum Gasteiger partial charge on any atom is -0.379 e. The average Bonchev–Trinajstić information content (AvgIpc) is 2.99. The fourth-order valence-electron chi connectivity index (χ4n) is 3.89. The molecular weight excluding hydrogens is 266 g/mol. The topological polar surface area (TPSA) is 53.6 Å². The van der Waals surface area contributed by atoms with Crippen molar-refractivity contribution in [2.24, 2.45) is 0 Å². The molecule has 2 N–H and O–H groups in total. The van der Waals surface area contributed by atoms with E-state index in [1.807, 2.05) is 7.05 Å². The van der Waals surface area contributed by atoms with Crippen molar-refractivity contribution in [1.29, 1.82) is 0 Å². The third kappa shape index (κ3) is 4.18. The van der Waals surface area contributed by atoms with Gasteiger partial charge in [-0.3, -0.25) is 9.69 Å². The lowest BCUT2D eigenvalue weighted by Crippen LogP contribution is -2.62. The molecule has 2 aliphatic rings. The highest BCUT2D eigenvalue weighted by Crippen LogP contribution is 2.38. The smallest absolute Gasteiger partial charge is 0.220 e. The van der Waals surface area contributed by atoms with E-state index in [1.54, 1.807) is 0 Å². The van der Waals surface area contributed by atoms with E-state index in [4.69, 9.17) is 4.74 Å². The van der Waals surface area contributed by atoms with Crippen LogP contribution < -0.4 is 10.6 Å². The van der Waals surface area contributed by atoms with Crippen molar-refractivity contribution < 1.29 is 9.53 Å². The molecule has 1 aliphatic heterocycles. The molecule has 0 aromatic rings. The van der Waals surface area contributed by atoms with Crippen molar-refractivity contribution in [3.63, 3.8) is 0 Å². The van der Waals surface area contributed by atoms with E-state index in [0.717, 1.165) is 39.3 Å². The molecule has 2 fully saturated rings. The largest absolute Gasteiger partial charge is 0.379 e. The number of carbonyl (C=O) groups excluding carboxylic acids is 1. The number of rotatable bonds is 7. The fraction of sp³-hybridized carbons (Fsp3) is 0.938. The van der Waals surface area contributed by atoms with Crippen molar-refractivity contribution >= 4 is 5.91 Å². The Morgan fingerprint density at radius 3 is 2.57 bits per heavy atom. The second-order valence-corrected chi connectivity index (χ2v) is 6.41. The maximum absolute atomic E-state index is 12.1. The summed E-state index contributed by atoms with van der Waals surface area (Å²) < 4.78 is 5.49. The summed E-state index contributed by atoms with van der Waals surface area (Å²) in [7, 11) is 1.92. The normalized spacial score (nSPS) is 23.9. The van der Waals surface area contributed by atoms with Gasteiger partial charge < -0.3 is 15.4 Å². The lowest BCUT2D eigenvalue weighted by atomic mass is 9.86. The van der Waals surface area contributed by atoms with Crippen molar-refractivity contribution in [3.8, 4) is 0 Å². The fourth-order valence-corrected chi connectivity index (χ4v) is 3.89. The molecule has 21 heavy (non-hydrogen) atoms. The number of carbonyl (C=O) groups is 1. The number of hydrogen-bond acceptors (Lipinski definition) is 4. The van der Waals surface area contributed by atoms with Crippen LogP contribution in [0.25, 0.3) is 0 Å². The standard InChI is InChI=1S/C16H31N3O2/c1-14(18-15(20)6-5-9-17-2)16(7-3-4-8-16)19-10-12-21-13-11-19/h14,17H,3-13H2,1-2H3,(H,18,20). The first-order valence-corrected chi connectivity index (χ1v) is 8.46. The van der Waals surface area contributed by atoms with E-state index in [9.17, 15) is 4.79 Å². The first-order valence-electron chi connectivity index (χ1n) is 8.46. The molecule has 1 aliphatic carbocycles. The van der Waals surface area contributed by atoms with Crippen molar-refractivity contribution in [1.82, 2.24) is 15.5 Å². The molecule has 0 radical (unpaired) electrons. The molecular formula is C16H31N3O2. The summed E-state index contributed by atoms with van der Waals surface area (Å²) >= 11 is 0. The Labute approximate surface area is 128 Å². The summed E-state index contributed by atoms with van der Waals surface area (Å²) in [6.45, 7) is 6.74. The zero-order valence-electron chi connectivity index (χ0n) is 13.6. The minimum atomic E-state index is 0.155. The van der Waals surface area contributed by atoms with Crippen LogP contribution in [0.5, 0.6) is 0 Å². The molecule has 0 aromatic heterocycles. The number of amides is 1. The van der Waals surface area contributed by atoms with Gasteiger partial charge >= 0.3 is 0 Å². The Hall–Kier alpha value is -0.650. The van der Waals surface area contributed by atoms with Crippen molar-refractivity contribution in [2.75, 3.05) is 39.9 Å². The van der Waals surface area contributed by atoms with Gasteiger partial charge in [0.15, 0.2) is 0 Å². The average molecular weight is 297 g/mol. The molecule has 1 saturated carbocycles. The molecule has 5 nitrogen and oxygen atoms in total. The van der Waals surface area contributed by atoms with Gasteiger partial charge in [-0.2, -0.15) is 0 Å². The summed E-state index contributed by atoms with van der Waals surface area (Å²) in [5, 5.41) is 6.36. The molecule has 0 bridgehead atoms. The zero-order chi connectivity index (χ0) is 15.1. The van der Waals surface area contributed by atoms with Gasteiger partial charge in [-0.1, -0.05) is 12.8 Å². The Bertz CT molecular complexity index is 323. The van der Waals surface area contributed by atoms with Crippen LogP contribution in [0.15, 0.2) is 0 Å². The summed E-state index contributed by atoms with van der Waals surface area (Å²) in [6.07, 6.45) is 6.47. The minimum absolute atomic E-state index is 0.155. The Morgan fingerprint density at radius 2 is 1.95 bits per heavy atom. The van der Waals surface area contributed by atoms with E-state index in [2.05, 4.69) is 22.5 Å². The van der Waals surface area contributed by atoms with Crippen molar-refractivity contribution in [3.05, 3.63) is 0 Å². The van der Waals surface area contributed by atoms with Crippen LogP contribution in [0.2, 0.25) is 0 Å². The van der Waals surface area contributed by atoms with Crippen LogP contribution in [0.1, 0.15) is 45.4 Å². The van der Waals surface area contributed by atoms with Gasteiger partial charge in [0.2, 0.25) is 5.91 Å². The second-order valence-electron chi connectivity index (χ2n) is 6.41. The molecule has 1 atom stereocenters. The lowest BCUT2D eigenvalue weighted by molar-refractivity contribution is -0.123. The van der Waals surface area contributed by atoms with E-state index in [0.29, 0.717) is 6.42 Å². The van der Waals surface area contributed by atoms with Crippen LogP contribution in [-0.2, 0) is 9.53 Å². The maximum atomic E-state index is 12.1. The van der Waals surface area contributed by atoms with E-state index in [1.165, 1.54) is 25.7 Å². The highest BCUT2D eigenvalue weighted by Gasteiger charge is 2.44. The number of nitrogens with zero attached hydrogens (tertiary/aromatic N) is 1. The Kier molecular flexibility index (Phi) is 6.45. The SMILES string of the molecule is CNCCCC(=O)NC(C)C1(N2CCOCC2)CCCC1. The monoisotopic (exact) mass is 297 g/mol. The Balaban J connectivity index is 1.92. The highest BCUT2D eigenvalue weighted by molar-refractivity contribution is 5.76. The quantitative estimate of drug-likeness (QED) is 0.692. The second kappa shape index (κ2) is 8.11. The van der Waals surface area contributed by atoms with E-state index >= 15 is 0 Å². The van der Waals surface area contributed by atoms with E-state index in [-0.39, 0.29) is 17.5 Å². The number of ether oxygens (including phenoxy) is 1. The number of nitrogens with one attached hydrogen (secondary N) is 2. The number of morpholine rings is 1. The highest BCUT2D eigenvalue weighted by atomic mass is 16.5. The van der Waals surface area contributed by atoms with Crippen LogP contribution in [0.4, 0.5) is 0 Å². The molecule has 2 rings (SSSR count). The molecule has 1 amide bonds. The van der Waals surface area contributed by atoms with Crippen LogP contribution >= 0.6 is 0 Å². The molecule has 5 heteroatoms. The molecule has 1 saturated heterocycles. The Morgan fingerprint density at radius 1 is 1.29 bits per heavy atom. The lowest BCUT2D eigenvalue weighted by Gasteiger charge is -2.47. The molecule has 0 aromatic carbocycles. The van der Waals surface area contributed by atoms with Crippen LogP contribution in [0.3, 0.4) is 0 Å². The first kappa shape index (κ1) is 16.7. The van der Waals surface area contributed by atoms with Crippen LogP contribution in [-0.4, -0.2) is 62.3 Å². The first-order chi connectivity index (χ1) is 10.2. The predicted octanol–water partition coefficient (Wildman–Crippen LogP) is 1.14. The summed E-state index contributed by atoms with van der Waals surface area (Å²) in [4.78, 5) is 14.7. The third-order valence-electron chi connectivity index (χ3n) is 5.12. The van der Waals surface area contributed by atoms with Crippen LogP contribution in [0, 0.1) is 0 Å². The third-order valence-corrected chi connectivity index (χ3v) is 5.12. The summed E-state index contributed by atoms with van der Waals surface area (Å²) in [5.41, 5.74) is 0.155. The van der Waals surface area contributed by atoms with Gasteiger partial charge in [0.25, 0.3) is 0 Å². The van der Waals surface area contributed by atoms with Crippen molar-refractivity contribution in [2.45, 2.75) is 57.0 Å².